The highest BCUT2D eigenvalue weighted by Gasteiger charge is 2.10. The van der Waals surface area contributed by atoms with E-state index in [2.05, 4.69) is 27.7 Å². The molecule has 1 atom stereocenters. The zero-order chi connectivity index (χ0) is 9.56. The van der Waals surface area contributed by atoms with Crippen LogP contribution in [0.3, 0.4) is 0 Å². The molecule has 0 N–H and O–H groups in total. The molecule has 0 rings (SSSR count). The van der Waals surface area contributed by atoms with E-state index in [4.69, 9.17) is 9.47 Å². The monoisotopic (exact) mass is 174 g/mol. The van der Waals surface area contributed by atoms with Crippen molar-refractivity contribution in [1.82, 2.24) is 0 Å². The lowest BCUT2D eigenvalue weighted by atomic mass is 10.1. The van der Waals surface area contributed by atoms with Gasteiger partial charge in [0.25, 0.3) is 0 Å². The lowest BCUT2D eigenvalue weighted by molar-refractivity contribution is -0.138. The SMILES string of the molecule is CO[C@H](CC(C)C)OCC(C)C. The Morgan fingerprint density at radius 3 is 1.92 bits per heavy atom. The average molecular weight is 174 g/mol. The molecule has 2 nitrogen and oxygen atoms in total. The normalized spacial score (nSPS) is 14.2. The van der Waals surface area contributed by atoms with E-state index in [9.17, 15) is 0 Å². The third-order valence-electron chi connectivity index (χ3n) is 1.54. The molecular formula is C10H22O2. The fourth-order valence-electron chi connectivity index (χ4n) is 0.917. The Hall–Kier alpha value is -0.0800. The van der Waals surface area contributed by atoms with Crippen LogP contribution in [0.2, 0.25) is 0 Å². The number of ether oxygens (including phenoxy) is 2. The third kappa shape index (κ3) is 6.62. The van der Waals surface area contributed by atoms with Gasteiger partial charge < -0.3 is 9.47 Å². The number of rotatable bonds is 6. The van der Waals surface area contributed by atoms with Gasteiger partial charge in [0.1, 0.15) is 0 Å². The highest BCUT2D eigenvalue weighted by atomic mass is 16.7. The van der Waals surface area contributed by atoms with E-state index in [1.807, 2.05) is 0 Å². The van der Waals surface area contributed by atoms with Crippen LogP contribution in [0, 0.1) is 11.8 Å². The molecule has 2 heteroatoms. The van der Waals surface area contributed by atoms with E-state index in [0.717, 1.165) is 13.0 Å². The largest absolute Gasteiger partial charge is 0.356 e. The Bertz CT molecular complexity index is 100. The first-order chi connectivity index (χ1) is 5.56. The maximum absolute atomic E-state index is 5.54. The Morgan fingerprint density at radius 1 is 1.00 bits per heavy atom. The number of methoxy groups -OCH3 is 1. The zero-order valence-corrected chi connectivity index (χ0v) is 8.96. The summed E-state index contributed by atoms with van der Waals surface area (Å²) in [4.78, 5) is 0. The van der Waals surface area contributed by atoms with Gasteiger partial charge in [0.2, 0.25) is 0 Å². The van der Waals surface area contributed by atoms with E-state index in [1.165, 1.54) is 0 Å². The lowest BCUT2D eigenvalue weighted by Gasteiger charge is -2.19. The molecule has 0 saturated heterocycles. The highest BCUT2D eigenvalue weighted by Crippen LogP contribution is 2.09. The molecule has 74 valence electrons. The predicted octanol–water partition coefficient (Wildman–Crippen LogP) is 2.68. The van der Waals surface area contributed by atoms with Crippen molar-refractivity contribution < 1.29 is 9.47 Å². The molecule has 0 fully saturated rings. The van der Waals surface area contributed by atoms with Gasteiger partial charge >= 0.3 is 0 Å². The molecule has 0 radical (unpaired) electrons. The molecule has 0 heterocycles. The van der Waals surface area contributed by atoms with E-state index in [0.29, 0.717) is 11.8 Å². The fourth-order valence-corrected chi connectivity index (χ4v) is 0.917. The summed E-state index contributed by atoms with van der Waals surface area (Å²) >= 11 is 0. The summed E-state index contributed by atoms with van der Waals surface area (Å²) in [6.45, 7) is 9.41. The van der Waals surface area contributed by atoms with E-state index >= 15 is 0 Å². The van der Waals surface area contributed by atoms with Crippen LogP contribution in [-0.4, -0.2) is 20.0 Å². The van der Waals surface area contributed by atoms with Crippen LogP contribution in [0.15, 0.2) is 0 Å². The summed E-state index contributed by atoms with van der Waals surface area (Å²) in [7, 11) is 1.70. The predicted molar refractivity (Wildman–Crippen MR) is 51.0 cm³/mol. The first-order valence-corrected chi connectivity index (χ1v) is 4.70. The van der Waals surface area contributed by atoms with Crippen LogP contribution in [0.25, 0.3) is 0 Å². The molecule has 0 amide bonds. The standard InChI is InChI=1S/C10H22O2/c1-8(2)6-10(11-5)12-7-9(3)4/h8-10H,6-7H2,1-5H3/t10-/m0/s1. The van der Waals surface area contributed by atoms with Crippen LogP contribution in [0.4, 0.5) is 0 Å². The van der Waals surface area contributed by atoms with Crippen LogP contribution in [0.1, 0.15) is 34.1 Å². The molecule has 0 aromatic carbocycles. The molecule has 0 aliphatic rings. The van der Waals surface area contributed by atoms with Crippen LogP contribution in [-0.2, 0) is 9.47 Å². The Morgan fingerprint density at radius 2 is 1.58 bits per heavy atom. The van der Waals surface area contributed by atoms with Gasteiger partial charge in [0, 0.05) is 13.5 Å². The van der Waals surface area contributed by atoms with Crippen molar-refractivity contribution in [2.24, 2.45) is 11.8 Å². The average Bonchev–Trinajstić information content (AvgIpc) is 1.97. The fraction of sp³-hybridized carbons (Fsp3) is 1.00. The maximum atomic E-state index is 5.54. The van der Waals surface area contributed by atoms with Gasteiger partial charge in [-0.1, -0.05) is 27.7 Å². The van der Waals surface area contributed by atoms with Crippen molar-refractivity contribution >= 4 is 0 Å². The van der Waals surface area contributed by atoms with Crippen LogP contribution >= 0.6 is 0 Å². The van der Waals surface area contributed by atoms with Gasteiger partial charge in [-0.2, -0.15) is 0 Å². The Labute approximate surface area is 76.3 Å². The molecule has 0 aliphatic carbocycles. The smallest absolute Gasteiger partial charge is 0.157 e. The van der Waals surface area contributed by atoms with Crippen molar-refractivity contribution in [1.29, 1.82) is 0 Å². The van der Waals surface area contributed by atoms with Crippen LogP contribution in [0.5, 0.6) is 0 Å². The summed E-state index contributed by atoms with van der Waals surface area (Å²) < 4.78 is 10.7. The van der Waals surface area contributed by atoms with Crippen molar-refractivity contribution in [3.8, 4) is 0 Å². The minimum absolute atomic E-state index is 0.0209. The summed E-state index contributed by atoms with van der Waals surface area (Å²) in [6.07, 6.45) is 0.954. The first kappa shape index (κ1) is 11.9. The van der Waals surface area contributed by atoms with Gasteiger partial charge in [-0.15, -0.1) is 0 Å². The Kier molecular flexibility index (Phi) is 6.39. The quantitative estimate of drug-likeness (QED) is 0.576. The van der Waals surface area contributed by atoms with Crippen molar-refractivity contribution in [2.75, 3.05) is 13.7 Å². The van der Waals surface area contributed by atoms with E-state index in [-0.39, 0.29) is 6.29 Å². The minimum Gasteiger partial charge on any atom is -0.356 e. The molecule has 0 aromatic rings. The lowest BCUT2D eigenvalue weighted by Crippen LogP contribution is -2.20. The van der Waals surface area contributed by atoms with Crippen molar-refractivity contribution in [3.63, 3.8) is 0 Å². The second-order valence-electron chi connectivity index (χ2n) is 4.02. The summed E-state index contributed by atoms with van der Waals surface area (Å²) in [5.41, 5.74) is 0. The summed E-state index contributed by atoms with van der Waals surface area (Å²) in [5, 5.41) is 0. The maximum Gasteiger partial charge on any atom is 0.157 e. The molecule has 0 bridgehead atoms. The topological polar surface area (TPSA) is 18.5 Å². The van der Waals surface area contributed by atoms with Gasteiger partial charge in [-0.3, -0.25) is 0 Å². The van der Waals surface area contributed by atoms with Crippen LogP contribution < -0.4 is 0 Å². The molecule has 12 heavy (non-hydrogen) atoms. The molecule has 0 spiro atoms. The Balaban J connectivity index is 3.53. The van der Waals surface area contributed by atoms with Gasteiger partial charge in [0.05, 0.1) is 6.61 Å². The third-order valence-corrected chi connectivity index (χ3v) is 1.54. The van der Waals surface area contributed by atoms with Gasteiger partial charge in [-0.05, 0) is 11.8 Å². The first-order valence-electron chi connectivity index (χ1n) is 4.70. The highest BCUT2D eigenvalue weighted by molar-refractivity contribution is 4.50. The van der Waals surface area contributed by atoms with Crippen molar-refractivity contribution in [3.05, 3.63) is 0 Å². The minimum atomic E-state index is -0.0209. The summed E-state index contributed by atoms with van der Waals surface area (Å²) in [5.74, 6) is 1.21. The van der Waals surface area contributed by atoms with Gasteiger partial charge in [0.15, 0.2) is 6.29 Å². The second-order valence-corrected chi connectivity index (χ2v) is 4.02. The molecule has 0 aromatic heterocycles. The van der Waals surface area contributed by atoms with Gasteiger partial charge in [-0.25, -0.2) is 0 Å². The molecule has 0 unspecified atom stereocenters. The second kappa shape index (κ2) is 6.44. The summed E-state index contributed by atoms with van der Waals surface area (Å²) in [6, 6.07) is 0. The zero-order valence-electron chi connectivity index (χ0n) is 8.96. The van der Waals surface area contributed by atoms with E-state index < -0.39 is 0 Å². The van der Waals surface area contributed by atoms with Crippen molar-refractivity contribution in [2.45, 2.75) is 40.4 Å². The molecule has 0 saturated carbocycles. The molecular weight excluding hydrogens is 152 g/mol. The number of hydrogen-bond donors (Lipinski definition) is 0. The van der Waals surface area contributed by atoms with E-state index in [1.54, 1.807) is 7.11 Å². The molecule has 0 aliphatic heterocycles. The number of hydrogen-bond acceptors (Lipinski definition) is 2.